The number of nitrogens with one attached hydrogen (secondary N) is 2. The molecule has 2 N–H and O–H groups in total. The summed E-state index contributed by atoms with van der Waals surface area (Å²) < 4.78 is 0. The van der Waals surface area contributed by atoms with Crippen LogP contribution in [0.5, 0.6) is 0 Å². The SMILES string of the molecule is Cc1nc(C)c(C)c(NCCSCc2nc[nH]c2C)n1. The molecule has 0 bridgehead atoms. The van der Waals surface area contributed by atoms with E-state index in [0.717, 1.165) is 52.3 Å². The van der Waals surface area contributed by atoms with Crippen LogP contribution in [0.3, 0.4) is 0 Å². The second-order valence-electron chi connectivity index (χ2n) is 4.78. The first-order valence-corrected chi connectivity index (χ1v) is 7.85. The first kappa shape index (κ1) is 14.8. The molecule has 20 heavy (non-hydrogen) atoms. The second-order valence-corrected chi connectivity index (χ2v) is 5.89. The Bertz CT molecular complexity index is 579. The van der Waals surface area contributed by atoms with Crippen molar-refractivity contribution in [2.75, 3.05) is 17.6 Å². The molecule has 0 saturated carbocycles. The molecular formula is C14H21N5S. The van der Waals surface area contributed by atoms with Gasteiger partial charge >= 0.3 is 0 Å². The van der Waals surface area contributed by atoms with Gasteiger partial charge in [-0.2, -0.15) is 11.8 Å². The van der Waals surface area contributed by atoms with Crippen molar-refractivity contribution in [1.29, 1.82) is 0 Å². The number of anilines is 1. The van der Waals surface area contributed by atoms with Gasteiger partial charge in [0.2, 0.25) is 0 Å². The van der Waals surface area contributed by atoms with Crippen molar-refractivity contribution < 1.29 is 0 Å². The van der Waals surface area contributed by atoms with Gasteiger partial charge in [-0.15, -0.1) is 0 Å². The fraction of sp³-hybridized carbons (Fsp3) is 0.500. The summed E-state index contributed by atoms with van der Waals surface area (Å²) in [5.74, 6) is 3.73. The lowest BCUT2D eigenvalue weighted by Crippen LogP contribution is -2.10. The zero-order valence-corrected chi connectivity index (χ0v) is 13.3. The van der Waals surface area contributed by atoms with Gasteiger partial charge < -0.3 is 10.3 Å². The lowest BCUT2D eigenvalue weighted by molar-refractivity contribution is 0.977. The number of aryl methyl sites for hydroxylation is 3. The molecule has 0 amide bonds. The molecule has 0 spiro atoms. The number of rotatable bonds is 6. The molecule has 0 aliphatic carbocycles. The van der Waals surface area contributed by atoms with E-state index in [0.29, 0.717) is 0 Å². The number of hydrogen-bond donors (Lipinski definition) is 2. The number of hydrogen-bond acceptors (Lipinski definition) is 5. The molecule has 0 saturated heterocycles. The van der Waals surface area contributed by atoms with E-state index < -0.39 is 0 Å². The monoisotopic (exact) mass is 291 g/mol. The molecule has 2 rings (SSSR count). The van der Waals surface area contributed by atoms with Gasteiger partial charge in [-0.25, -0.2) is 15.0 Å². The van der Waals surface area contributed by atoms with E-state index in [-0.39, 0.29) is 0 Å². The molecule has 0 unspecified atom stereocenters. The summed E-state index contributed by atoms with van der Waals surface area (Å²) in [6, 6.07) is 0. The predicted octanol–water partition coefficient (Wildman–Crippen LogP) is 2.78. The lowest BCUT2D eigenvalue weighted by Gasteiger charge is -2.10. The molecule has 0 atom stereocenters. The van der Waals surface area contributed by atoms with E-state index in [9.17, 15) is 0 Å². The third-order valence-electron chi connectivity index (χ3n) is 3.21. The average Bonchev–Trinajstić information content (AvgIpc) is 2.80. The van der Waals surface area contributed by atoms with E-state index in [2.05, 4.69) is 39.1 Å². The molecule has 0 aliphatic heterocycles. The Labute approximate surface area is 124 Å². The largest absolute Gasteiger partial charge is 0.369 e. The molecule has 6 heteroatoms. The summed E-state index contributed by atoms with van der Waals surface area (Å²) in [7, 11) is 0. The molecule has 2 heterocycles. The molecule has 2 aromatic heterocycles. The Kier molecular flexibility index (Phi) is 5.00. The standard InChI is InChI=1S/C14H21N5S/c1-9-10(2)18-12(4)19-14(9)15-5-6-20-7-13-11(3)16-8-17-13/h8H,5-7H2,1-4H3,(H,16,17)(H,15,18,19). The van der Waals surface area contributed by atoms with E-state index >= 15 is 0 Å². The van der Waals surface area contributed by atoms with Crippen LogP contribution in [0, 0.1) is 27.7 Å². The number of aromatic nitrogens is 4. The number of H-pyrrole nitrogens is 1. The zero-order valence-electron chi connectivity index (χ0n) is 12.4. The van der Waals surface area contributed by atoms with Gasteiger partial charge in [-0.1, -0.05) is 0 Å². The van der Waals surface area contributed by atoms with Crippen LogP contribution < -0.4 is 5.32 Å². The second kappa shape index (κ2) is 6.74. The minimum absolute atomic E-state index is 0.815. The molecule has 2 aromatic rings. The summed E-state index contributed by atoms with van der Waals surface area (Å²) in [5.41, 5.74) is 4.46. The molecule has 0 fully saturated rings. The molecule has 108 valence electrons. The molecule has 0 aliphatic rings. The smallest absolute Gasteiger partial charge is 0.132 e. The van der Waals surface area contributed by atoms with Crippen LogP contribution in [-0.4, -0.2) is 32.2 Å². The van der Waals surface area contributed by atoms with Gasteiger partial charge in [0.1, 0.15) is 11.6 Å². The van der Waals surface area contributed by atoms with E-state index in [1.807, 2.05) is 25.6 Å². The quantitative estimate of drug-likeness (QED) is 0.801. The van der Waals surface area contributed by atoms with Crippen LogP contribution in [-0.2, 0) is 5.75 Å². The first-order chi connectivity index (χ1) is 9.58. The molecular weight excluding hydrogens is 270 g/mol. The average molecular weight is 291 g/mol. The number of aromatic amines is 1. The highest BCUT2D eigenvalue weighted by molar-refractivity contribution is 7.98. The van der Waals surface area contributed by atoms with Crippen LogP contribution in [0.25, 0.3) is 0 Å². The Morgan fingerprint density at radius 2 is 2.00 bits per heavy atom. The van der Waals surface area contributed by atoms with Crippen LogP contribution in [0.1, 0.15) is 28.5 Å². The zero-order chi connectivity index (χ0) is 14.5. The van der Waals surface area contributed by atoms with Crippen molar-refractivity contribution in [3.8, 4) is 0 Å². The van der Waals surface area contributed by atoms with Crippen molar-refractivity contribution in [3.05, 3.63) is 34.8 Å². The highest BCUT2D eigenvalue weighted by Gasteiger charge is 2.05. The Hall–Kier alpha value is -1.56. The van der Waals surface area contributed by atoms with Crippen LogP contribution in [0.15, 0.2) is 6.33 Å². The minimum atomic E-state index is 0.815. The van der Waals surface area contributed by atoms with Crippen molar-refractivity contribution in [3.63, 3.8) is 0 Å². The van der Waals surface area contributed by atoms with Gasteiger partial charge in [-0.05, 0) is 27.7 Å². The van der Waals surface area contributed by atoms with Crippen molar-refractivity contribution in [2.24, 2.45) is 0 Å². The van der Waals surface area contributed by atoms with Gasteiger partial charge in [-0.3, -0.25) is 0 Å². The number of thioether (sulfide) groups is 1. The summed E-state index contributed by atoms with van der Waals surface area (Å²) in [5, 5.41) is 3.39. The van der Waals surface area contributed by atoms with Crippen LogP contribution in [0.4, 0.5) is 5.82 Å². The van der Waals surface area contributed by atoms with Crippen LogP contribution >= 0.6 is 11.8 Å². The third-order valence-corrected chi connectivity index (χ3v) is 4.18. The Morgan fingerprint density at radius 1 is 1.20 bits per heavy atom. The predicted molar refractivity (Wildman–Crippen MR) is 84.2 cm³/mol. The van der Waals surface area contributed by atoms with Gasteiger partial charge in [0, 0.05) is 35.0 Å². The summed E-state index contributed by atoms with van der Waals surface area (Å²) in [6.45, 7) is 8.94. The van der Waals surface area contributed by atoms with Gasteiger partial charge in [0.05, 0.1) is 12.0 Å². The van der Waals surface area contributed by atoms with Gasteiger partial charge in [0.25, 0.3) is 0 Å². The normalized spacial score (nSPS) is 10.8. The lowest BCUT2D eigenvalue weighted by atomic mass is 10.2. The Balaban J connectivity index is 1.78. The van der Waals surface area contributed by atoms with Gasteiger partial charge in [0.15, 0.2) is 0 Å². The molecule has 0 radical (unpaired) electrons. The van der Waals surface area contributed by atoms with Crippen molar-refractivity contribution >= 4 is 17.6 Å². The number of imidazole rings is 1. The van der Waals surface area contributed by atoms with E-state index in [1.54, 1.807) is 6.33 Å². The highest BCUT2D eigenvalue weighted by atomic mass is 32.2. The summed E-state index contributed by atoms with van der Waals surface area (Å²) in [6.07, 6.45) is 1.75. The maximum atomic E-state index is 4.45. The van der Waals surface area contributed by atoms with Crippen LogP contribution in [0.2, 0.25) is 0 Å². The summed E-state index contributed by atoms with van der Waals surface area (Å²) in [4.78, 5) is 16.2. The maximum absolute atomic E-state index is 4.45. The van der Waals surface area contributed by atoms with Crippen molar-refractivity contribution in [2.45, 2.75) is 33.4 Å². The Morgan fingerprint density at radius 3 is 2.70 bits per heavy atom. The number of nitrogens with zero attached hydrogens (tertiary/aromatic N) is 3. The van der Waals surface area contributed by atoms with Crippen molar-refractivity contribution in [1.82, 2.24) is 19.9 Å². The van der Waals surface area contributed by atoms with E-state index in [1.165, 1.54) is 0 Å². The topological polar surface area (TPSA) is 66.5 Å². The fourth-order valence-electron chi connectivity index (χ4n) is 1.88. The highest BCUT2D eigenvalue weighted by Crippen LogP contribution is 2.16. The fourth-order valence-corrected chi connectivity index (χ4v) is 2.76. The molecule has 5 nitrogen and oxygen atoms in total. The minimum Gasteiger partial charge on any atom is -0.369 e. The third kappa shape index (κ3) is 3.72. The molecule has 0 aromatic carbocycles. The van der Waals surface area contributed by atoms with E-state index in [4.69, 9.17) is 0 Å². The maximum Gasteiger partial charge on any atom is 0.132 e. The summed E-state index contributed by atoms with van der Waals surface area (Å²) >= 11 is 1.87. The first-order valence-electron chi connectivity index (χ1n) is 6.70.